The van der Waals surface area contributed by atoms with E-state index in [2.05, 4.69) is 41.4 Å². The normalized spacial score (nSPS) is 11.9. The first kappa shape index (κ1) is 6.41. The van der Waals surface area contributed by atoms with Crippen molar-refractivity contribution in [1.82, 2.24) is 19.9 Å². The summed E-state index contributed by atoms with van der Waals surface area (Å²) in [6, 6.07) is 0. The maximum atomic E-state index is 3.82. The van der Waals surface area contributed by atoms with E-state index < -0.39 is 8.24 Å². The molecule has 1 radical (unpaired) electrons. The summed E-state index contributed by atoms with van der Waals surface area (Å²) in [5.74, 6) is 0. The fraction of sp³-hybridized carbons (Fsp3) is 0.750. The molecule has 0 aliphatic carbocycles. The van der Waals surface area contributed by atoms with Crippen LogP contribution in [0.1, 0.15) is 0 Å². The number of rotatable bonds is 1. The van der Waals surface area contributed by atoms with Crippen molar-refractivity contribution >= 4 is 8.24 Å². The van der Waals surface area contributed by atoms with Crippen molar-refractivity contribution < 1.29 is 0 Å². The molecule has 49 valence electrons. The molecule has 0 amide bonds. The Bertz CT molecular complexity index is 175. The molecule has 0 spiro atoms. The molecular weight excluding hydrogens is 132 g/mol. The molecule has 0 saturated heterocycles. The third-order valence-corrected chi connectivity index (χ3v) is 2.30. The second-order valence-corrected chi connectivity index (χ2v) is 7.59. The largest absolute Gasteiger partial charge is 0.244 e. The third kappa shape index (κ3) is 1.35. The smallest absolute Gasteiger partial charge is 0.201 e. The van der Waals surface area contributed by atoms with Crippen LogP contribution >= 0.6 is 0 Å². The highest BCUT2D eigenvalue weighted by atomic mass is 28.3. The molecule has 9 heavy (non-hydrogen) atoms. The van der Waals surface area contributed by atoms with Crippen LogP contribution < -0.4 is 0 Å². The van der Waals surface area contributed by atoms with E-state index >= 15 is 0 Å². The number of tetrazole rings is 1. The summed E-state index contributed by atoms with van der Waals surface area (Å²) < 4.78 is 1.66. The highest BCUT2D eigenvalue weighted by molar-refractivity contribution is 6.73. The van der Waals surface area contributed by atoms with Crippen LogP contribution in [0.15, 0.2) is 0 Å². The van der Waals surface area contributed by atoms with E-state index in [1.54, 1.807) is 4.46 Å². The number of hydrogen-bond donors (Lipinski definition) is 0. The van der Waals surface area contributed by atoms with Crippen LogP contribution in [0.2, 0.25) is 19.6 Å². The highest BCUT2D eigenvalue weighted by Gasteiger charge is 2.18. The standard InChI is InChI=1S/C4H9N4Si/c1-9(2,3)8-6-4-5-7-8/h1-3H3. The predicted octanol–water partition coefficient (Wildman–Crippen LogP) is 0.156. The monoisotopic (exact) mass is 141 g/mol. The van der Waals surface area contributed by atoms with Crippen LogP contribution in [0.3, 0.4) is 0 Å². The number of aromatic nitrogens is 4. The fourth-order valence-electron chi connectivity index (χ4n) is 0.429. The number of hydrogen-bond acceptors (Lipinski definition) is 3. The van der Waals surface area contributed by atoms with Gasteiger partial charge in [-0.15, -0.1) is 10.2 Å². The summed E-state index contributed by atoms with van der Waals surface area (Å²) in [5, 5.41) is 11.1. The van der Waals surface area contributed by atoms with Crippen LogP contribution in [0.4, 0.5) is 0 Å². The zero-order chi connectivity index (χ0) is 6.91. The summed E-state index contributed by atoms with van der Waals surface area (Å²) in [6.07, 6.45) is 2.42. The van der Waals surface area contributed by atoms with Crippen molar-refractivity contribution in [3.8, 4) is 0 Å². The maximum absolute atomic E-state index is 3.82. The van der Waals surface area contributed by atoms with Crippen LogP contribution in [0.25, 0.3) is 0 Å². The summed E-state index contributed by atoms with van der Waals surface area (Å²) in [7, 11) is -1.38. The molecule has 5 heteroatoms. The molecule has 0 aromatic carbocycles. The zero-order valence-corrected chi connectivity index (χ0v) is 6.79. The predicted molar refractivity (Wildman–Crippen MR) is 35.4 cm³/mol. The van der Waals surface area contributed by atoms with Gasteiger partial charge < -0.3 is 0 Å². The van der Waals surface area contributed by atoms with E-state index in [1.807, 2.05) is 0 Å². The van der Waals surface area contributed by atoms with Gasteiger partial charge >= 0.3 is 0 Å². The first-order valence-electron chi connectivity index (χ1n) is 2.77. The van der Waals surface area contributed by atoms with Crippen molar-refractivity contribution in [2.75, 3.05) is 0 Å². The molecule has 0 aliphatic rings. The Morgan fingerprint density at radius 1 is 1.33 bits per heavy atom. The van der Waals surface area contributed by atoms with Crippen LogP contribution in [0.5, 0.6) is 0 Å². The van der Waals surface area contributed by atoms with E-state index in [1.165, 1.54) is 0 Å². The van der Waals surface area contributed by atoms with E-state index in [0.717, 1.165) is 0 Å². The highest BCUT2D eigenvalue weighted by Crippen LogP contribution is 1.98. The van der Waals surface area contributed by atoms with Gasteiger partial charge in [0.15, 0.2) is 0 Å². The Morgan fingerprint density at radius 2 is 2.00 bits per heavy atom. The zero-order valence-electron chi connectivity index (χ0n) is 5.79. The van der Waals surface area contributed by atoms with Crippen LogP contribution in [-0.4, -0.2) is 28.1 Å². The molecule has 1 aromatic heterocycles. The average molecular weight is 141 g/mol. The third-order valence-electron chi connectivity index (χ3n) is 0.914. The lowest BCUT2D eigenvalue weighted by atomic mass is 11.4. The van der Waals surface area contributed by atoms with Crippen molar-refractivity contribution in [2.45, 2.75) is 19.6 Å². The van der Waals surface area contributed by atoms with Gasteiger partial charge in [-0.3, -0.25) is 0 Å². The minimum absolute atomic E-state index is 1.38. The van der Waals surface area contributed by atoms with Crippen LogP contribution in [-0.2, 0) is 0 Å². The van der Waals surface area contributed by atoms with Gasteiger partial charge in [-0.1, -0.05) is 5.21 Å². The molecule has 1 heterocycles. The van der Waals surface area contributed by atoms with Gasteiger partial charge in [-0.2, -0.15) is 0 Å². The van der Waals surface area contributed by atoms with Gasteiger partial charge in [0, 0.05) is 0 Å². The molecule has 1 rings (SSSR count). The average Bonchev–Trinajstić information content (AvgIpc) is 2.08. The van der Waals surface area contributed by atoms with E-state index in [-0.39, 0.29) is 0 Å². The van der Waals surface area contributed by atoms with Crippen molar-refractivity contribution in [1.29, 1.82) is 0 Å². The summed E-state index contributed by atoms with van der Waals surface area (Å²) in [4.78, 5) is 0. The first-order valence-corrected chi connectivity index (χ1v) is 6.22. The molecule has 0 N–H and O–H groups in total. The Balaban J connectivity index is 2.90. The lowest BCUT2D eigenvalue weighted by Crippen LogP contribution is -2.34. The summed E-state index contributed by atoms with van der Waals surface area (Å²) in [5.41, 5.74) is 0. The quantitative estimate of drug-likeness (QED) is 0.523. The van der Waals surface area contributed by atoms with Crippen LogP contribution in [0, 0.1) is 6.33 Å². The Labute approximate surface area is 55.0 Å². The molecule has 0 atom stereocenters. The Morgan fingerprint density at radius 3 is 2.22 bits per heavy atom. The van der Waals surface area contributed by atoms with Crippen molar-refractivity contribution in [3.63, 3.8) is 0 Å². The second-order valence-electron chi connectivity index (χ2n) is 2.85. The molecule has 0 fully saturated rings. The Hall–Kier alpha value is -0.713. The lowest BCUT2D eigenvalue weighted by Gasteiger charge is -2.11. The lowest BCUT2D eigenvalue weighted by molar-refractivity contribution is 0.763. The second kappa shape index (κ2) is 1.91. The number of nitrogens with zero attached hydrogens (tertiary/aromatic N) is 4. The SMILES string of the molecule is C[Si](C)(C)n1n[c]nn1. The van der Waals surface area contributed by atoms with Gasteiger partial charge in [0.2, 0.25) is 14.6 Å². The van der Waals surface area contributed by atoms with E-state index in [9.17, 15) is 0 Å². The molecule has 4 nitrogen and oxygen atoms in total. The minimum Gasteiger partial charge on any atom is -0.201 e. The van der Waals surface area contributed by atoms with Gasteiger partial charge in [-0.05, 0) is 19.6 Å². The topological polar surface area (TPSA) is 43.6 Å². The van der Waals surface area contributed by atoms with Gasteiger partial charge in [-0.25, -0.2) is 4.46 Å². The van der Waals surface area contributed by atoms with Gasteiger partial charge in [0.05, 0.1) is 0 Å². The van der Waals surface area contributed by atoms with E-state index in [0.29, 0.717) is 0 Å². The molecule has 1 aromatic rings. The van der Waals surface area contributed by atoms with Gasteiger partial charge in [0.1, 0.15) is 0 Å². The van der Waals surface area contributed by atoms with E-state index in [4.69, 9.17) is 0 Å². The fourth-order valence-corrected chi connectivity index (χ4v) is 1.09. The molecule has 0 aliphatic heterocycles. The molecule has 0 saturated carbocycles. The molecular formula is C4H9N4Si. The summed E-state index contributed by atoms with van der Waals surface area (Å²) in [6.45, 7) is 6.42. The first-order chi connectivity index (χ1) is 4.11. The summed E-state index contributed by atoms with van der Waals surface area (Å²) >= 11 is 0. The van der Waals surface area contributed by atoms with Crippen molar-refractivity contribution in [3.05, 3.63) is 6.33 Å². The molecule has 0 unspecified atom stereocenters. The van der Waals surface area contributed by atoms with Gasteiger partial charge in [0.25, 0.3) is 0 Å². The minimum atomic E-state index is -1.38. The van der Waals surface area contributed by atoms with Crippen molar-refractivity contribution in [2.24, 2.45) is 0 Å². The Kier molecular flexibility index (Phi) is 1.36. The molecule has 0 bridgehead atoms. The maximum Gasteiger partial charge on any atom is 0.244 e.